The van der Waals surface area contributed by atoms with Crippen molar-refractivity contribution in [2.45, 2.75) is 6.92 Å². The van der Waals surface area contributed by atoms with Gasteiger partial charge < -0.3 is 5.32 Å². The Balaban J connectivity index is 2.22. The van der Waals surface area contributed by atoms with Crippen LogP contribution in [0.1, 0.15) is 16.6 Å². The fourth-order valence-corrected chi connectivity index (χ4v) is 3.15. The molecule has 0 radical (unpaired) electrons. The van der Waals surface area contributed by atoms with E-state index in [4.69, 9.17) is 11.6 Å². The molecule has 0 aliphatic carbocycles. The number of fused-ring (bicyclic) bond motifs is 1. The standard InChI is InChI=1S/C15H14ClNOS/c1-3-10(4-2)9-17-15(18)14-13(16)11-7-5-6-8-12(11)19-14/h3-8H,1,9H2,2H3,(H,17,18)/b10-4+. The molecule has 2 rings (SSSR count). The number of nitrogens with one attached hydrogen (secondary N) is 1. The second-order valence-electron chi connectivity index (χ2n) is 3.99. The summed E-state index contributed by atoms with van der Waals surface area (Å²) in [4.78, 5) is 12.7. The van der Waals surface area contributed by atoms with Gasteiger partial charge >= 0.3 is 0 Å². The predicted octanol–water partition coefficient (Wildman–Crippen LogP) is 4.42. The molecular formula is C15H14ClNOS. The van der Waals surface area contributed by atoms with Crippen LogP contribution in [-0.4, -0.2) is 12.5 Å². The number of hydrogen-bond acceptors (Lipinski definition) is 2. The summed E-state index contributed by atoms with van der Waals surface area (Å²) in [5, 5.41) is 4.30. The summed E-state index contributed by atoms with van der Waals surface area (Å²) < 4.78 is 1.02. The first-order valence-electron chi connectivity index (χ1n) is 5.90. The average Bonchev–Trinajstić information content (AvgIpc) is 2.78. The first-order valence-corrected chi connectivity index (χ1v) is 7.09. The Morgan fingerprint density at radius 1 is 1.47 bits per heavy atom. The SMILES string of the molecule is C=C/C(=C\C)CNC(=O)c1sc2ccccc2c1Cl. The van der Waals surface area contributed by atoms with Gasteiger partial charge in [0.15, 0.2) is 0 Å². The highest BCUT2D eigenvalue weighted by Crippen LogP contribution is 2.34. The van der Waals surface area contributed by atoms with Crippen molar-refractivity contribution in [1.29, 1.82) is 0 Å². The van der Waals surface area contributed by atoms with Crippen molar-refractivity contribution >= 4 is 38.9 Å². The molecule has 2 aromatic rings. The molecule has 0 bridgehead atoms. The zero-order valence-corrected chi connectivity index (χ0v) is 12.1. The van der Waals surface area contributed by atoms with E-state index in [0.29, 0.717) is 16.4 Å². The molecule has 1 aromatic carbocycles. The van der Waals surface area contributed by atoms with Crippen LogP contribution >= 0.6 is 22.9 Å². The van der Waals surface area contributed by atoms with Crippen molar-refractivity contribution < 1.29 is 4.79 Å². The molecule has 0 spiro atoms. The second kappa shape index (κ2) is 6.04. The number of carbonyl (C=O) groups excluding carboxylic acids is 1. The van der Waals surface area contributed by atoms with Crippen LogP contribution in [0.15, 0.2) is 48.6 Å². The van der Waals surface area contributed by atoms with Gasteiger partial charge in [0.25, 0.3) is 5.91 Å². The Morgan fingerprint density at radius 3 is 2.84 bits per heavy atom. The number of halogens is 1. The second-order valence-corrected chi connectivity index (χ2v) is 5.42. The third kappa shape index (κ3) is 2.88. The molecule has 2 nitrogen and oxygen atoms in total. The lowest BCUT2D eigenvalue weighted by molar-refractivity contribution is 0.0961. The van der Waals surface area contributed by atoms with Gasteiger partial charge in [-0.15, -0.1) is 11.3 Å². The van der Waals surface area contributed by atoms with Crippen molar-refractivity contribution in [3.63, 3.8) is 0 Å². The molecule has 0 atom stereocenters. The van der Waals surface area contributed by atoms with Gasteiger partial charge in [-0.3, -0.25) is 4.79 Å². The molecule has 1 amide bonds. The van der Waals surface area contributed by atoms with E-state index in [1.165, 1.54) is 11.3 Å². The van der Waals surface area contributed by atoms with E-state index in [9.17, 15) is 4.79 Å². The van der Waals surface area contributed by atoms with Gasteiger partial charge in [0.1, 0.15) is 4.88 Å². The molecule has 0 unspecified atom stereocenters. The lowest BCUT2D eigenvalue weighted by atomic mass is 10.2. The summed E-state index contributed by atoms with van der Waals surface area (Å²) in [5.74, 6) is -0.146. The van der Waals surface area contributed by atoms with Crippen LogP contribution in [-0.2, 0) is 0 Å². The fraction of sp³-hybridized carbons (Fsp3) is 0.133. The van der Waals surface area contributed by atoms with Crippen molar-refractivity contribution in [3.05, 3.63) is 58.5 Å². The molecule has 19 heavy (non-hydrogen) atoms. The Labute approximate surface area is 121 Å². The zero-order valence-electron chi connectivity index (χ0n) is 10.6. The van der Waals surface area contributed by atoms with Crippen molar-refractivity contribution in [2.24, 2.45) is 0 Å². The van der Waals surface area contributed by atoms with Crippen LogP contribution in [0.4, 0.5) is 0 Å². The average molecular weight is 292 g/mol. The number of thiophene rings is 1. The minimum Gasteiger partial charge on any atom is -0.347 e. The molecule has 0 saturated carbocycles. The van der Waals surface area contributed by atoms with Gasteiger partial charge in [-0.25, -0.2) is 0 Å². The molecule has 1 heterocycles. The topological polar surface area (TPSA) is 29.1 Å². The molecule has 98 valence electrons. The number of rotatable bonds is 4. The van der Waals surface area contributed by atoms with Gasteiger partial charge in [0, 0.05) is 16.6 Å². The summed E-state index contributed by atoms with van der Waals surface area (Å²) >= 11 is 7.66. The van der Waals surface area contributed by atoms with E-state index in [-0.39, 0.29) is 5.91 Å². The third-order valence-electron chi connectivity index (χ3n) is 2.83. The van der Waals surface area contributed by atoms with Crippen molar-refractivity contribution in [1.82, 2.24) is 5.32 Å². The van der Waals surface area contributed by atoms with Gasteiger partial charge in [0.2, 0.25) is 0 Å². The number of allylic oxidation sites excluding steroid dienone is 1. The minimum atomic E-state index is -0.146. The summed E-state index contributed by atoms with van der Waals surface area (Å²) in [6, 6.07) is 7.74. The Hall–Kier alpha value is -1.58. The maximum absolute atomic E-state index is 12.1. The van der Waals surface area contributed by atoms with Crippen LogP contribution in [0, 0.1) is 0 Å². The van der Waals surface area contributed by atoms with Crippen LogP contribution in [0.5, 0.6) is 0 Å². The predicted molar refractivity (Wildman–Crippen MR) is 83.1 cm³/mol. The van der Waals surface area contributed by atoms with Crippen molar-refractivity contribution in [3.8, 4) is 0 Å². The molecule has 1 N–H and O–H groups in total. The molecule has 0 aliphatic heterocycles. The van der Waals surface area contributed by atoms with Crippen LogP contribution in [0.2, 0.25) is 5.02 Å². The van der Waals surface area contributed by atoms with E-state index < -0.39 is 0 Å². The van der Waals surface area contributed by atoms with Gasteiger partial charge in [-0.05, 0) is 18.6 Å². The number of amides is 1. The minimum absolute atomic E-state index is 0.146. The normalized spacial score (nSPS) is 11.6. The van der Waals surface area contributed by atoms with E-state index >= 15 is 0 Å². The third-order valence-corrected chi connectivity index (χ3v) is 4.50. The summed E-state index contributed by atoms with van der Waals surface area (Å²) in [6.45, 7) is 6.07. The molecule has 4 heteroatoms. The van der Waals surface area contributed by atoms with E-state index in [0.717, 1.165) is 15.7 Å². The highest BCUT2D eigenvalue weighted by molar-refractivity contribution is 7.21. The Bertz CT molecular complexity index is 657. The van der Waals surface area contributed by atoms with Crippen LogP contribution < -0.4 is 5.32 Å². The zero-order chi connectivity index (χ0) is 13.8. The highest BCUT2D eigenvalue weighted by Gasteiger charge is 2.16. The van der Waals surface area contributed by atoms with E-state index in [1.807, 2.05) is 37.3 Å². The first-order chi connectivity index (χ1) is 9.17. The van der Waals surface area contributed by atoms with Gasteiger partial charge in [0.05, 0.1) is 5.02 Å². The molecule has 0 saturated heterocycles. The summed E-state index contributed by atoms with van der Waals surface area (Å²) in [6.07, 6.45) is 3.65. The van der Waals surface area contributed by atoms with Crippen LogP contribution in [0.25, 0.3) is 10.1 Å². The van der Waals surface area contributed by atoms with E-state index in [2.05, 4.69) is 11.9 Å². The Kier molecular flexibility index (Phi) is 4.40. The van der Waals surface area contributed by atoms with E-state index in [1.54, 1.807) is 6.08 Å². The summed E-state index contributed by atoms with van der Waals surface area (Å²) in [5.41, 5.74) is 0.977. The molecule has 1 aromatic heterocycles. The lowest BCUT2D eigenvalue weighted by Gasteiger charge is -2.04. The molecule has 0 aliphatic rings. The first kappa shape index (κ1) is 13.8. The van der Waals surface area contributed by atoms with Crippen LogP contribution in [0.3, 0.4) is 0 Å². The number of hydrogen-bond donors (Lipinski definition) is 1. The number of benzene rings is 1. The molecule has 0 fully saturated rings. The largest absolute Gasteiger partial charge is 0.347 e. The quantitative estimate of drug-likeness (QED) is 0.830. The summed E-state index contributed by atoms with van der Waals surface area (Å²) in [7, 11) is 0. The van der Waals surface area contributed by atoms with Crippen molar-refractivity contribution in [2.75, 3.05) is 6.54 Å². The maximum atomic E-state index is 12.1. The molecular weight excluding hydrogens is 278 g/mol. The number of carbonyl (C=O) groups is 1. The van der Waals surface area contributed by atoms with Gasteiger partial charge in [-0.2, -0.15) is 0 Å². The lowest BCUT2D eigenvalue weighted by Crippen LogP contribution is -2.24. The fourth-order valence-electron chi connectivity index (χ4n) is 1.71. The smallest absolute Gasteiger partial charge is 0.263 e. The monoisotopic (exact) mass is 291 g/mol. The maximum Gasteiger partial charge on any atom is 0.263 e. The highest BCUT2D eigenvalue weighted by atomic mass is 35.5. The van der Waals surface area contributed by atoms with Gasteiger partial charge in [-0.1, -0.05) is 48.5 Å². The Morgan fingerprint density at radius 2 is 2.21 bits per heavy atom.